The van der Waals surface area contributed by atoms with Crippen molar-refractivity contribution >= 4 is 5.91 Å². The maximum atomic E-state index is 11.0. The highest BCUT2D eigenvalue weighted by molar-refractivity contribution is 5.92. The van der Waals surface area contributed by atoms with Gasteiger partial charge in [-0.3, -0.25) is 9.69 Å². The number of benzene rings is 1. The van der Waals surface area contributed by atoms with Gasteiger partial charge in [0.05, 0.1) is 12.7 Å². The van der Waals surface area contributed by atoms with Crippen LogP contribution in [0.2, 0.25) is 0 Å². The summed E-state index contributed by atoms with van der Waals surface area (Å²) in [4.78, 5) is 13.2. The molecule has 1 aliphatic heterocycles. The number of carbonyl (C=O) groups is 1. The van der Waals surface area contributed by atoms with Crippen LogP contribution >= 0.6 is 0 Å². The Bertz CT molecular complexity index is 433. The number of aliphatic hydroxyl groups excluding tert-OH is 1. The van der Waals surface area contributed by atoms with Crippen LogP contribution in [-0.4, -0.2) is 48.3 Å². The molecule has 0 radical (unpaired) electrons. The van der Waals surface area contributed by atoms with Crippen LogP contribution in [0.5, 0.6) is 0 Å². The van der Waals surface area contributed by atoms with Gasteiger partial charge in [0.1, 0.15) is 0 Å². The van der Waals surface area contributed by atoms with Crippen molar-refractivity contribution in [2.75, 3.05) is 20.3 Å². The number of aliphatic hydroxyl groups is 1. The van der Waals surface area contributed by atoms with Gasteiger partial charge in [-0.1, -0.05) is 12.1 Å². The second-order valence-electron chi connectivity index (χ2n) is 4.92. The van der Waals surface area contributed by atoms with Gasteiger partial charge < -0.3 is 15.6 Å². The molecule has 3 N–H and O–H groups in total. The molecule has 0 unspecified atom stereocenters. The zero-order chi connectivity index (χ0) is 13.8. The Kier molecular flexibility index (Phi) is 4.52. The molecule has 1 aromatic carbocycles. The highest BCUT2D eigenvalue weighted by Gasteiger charge is 2.31. The molecule has 0 spiro atoms. The normalized spacial score (nSPS) is 23.7. The van der Waals surface area contributed by atoms with Crippen LogP contribution < -0.4 is 5.73 Å². The van der Waals surface area contributed by atoms with E-state index in [0.717, 1.165) is 25.1 Å². The largest absolute Gasteiger partial charge is 0.395 e. The highest BCUT2D eigenvalue weighted by atomic mass is 16.5. The van der Waals surface area contributed by atoms with E-state index in [2.05, 4.69) is 4.90 Å². The van der Waals surface area contributed by atoms with Gasteiger partial charge in [0.2, 0.25) is 5.91 Å². The summed E-state index contributed by atoms with van der Waals surface area (Å²) >= 11 is 0. The van der Waals surface area contributed by atoms with E-state index in [1.54, 1.807) is 19.2 Å². The molecule has 0 saturated carbocycles. The standard InChI is InChI=1S/C14H20N2O3/c1-19-13-6-12(9-17)16(8-13)7-10-2-4-11(5-3-10)14(15)18/h2-5,12-13,17H,6-9H2,1H3,(H2,15,18)/t12-,13+/m0/s1. The molecule has 1 saturated heterocycles. The number of hydrogen-bond acceptors (Lipinski definition) is 4. The van der Waals surface area contributed by atoms with E-state index in [-0.39, 0.29) is 18.8 Å². The van der Waals surface area contributed by atoms with Crippen LogP contribution in [0.4, 0.5) is 0 Å². The smallest absolute Gasteiger partial charge is 0.248 e. The van der Waals surface area contributed by atoms with Gasteiger partial charge in [-0.05, 0) is 24.1 Å². The van der Waals surface area contributed by atoms with E-state index < -0.39 is 5.91 Å². The maximum Gasteiger partial charge on any atom is 0.248 e. The first-order valence-electron chi connectivity index (χ1n) is 6.40. The Morgan fingerprint density at radius 2 is 2.16 bits per heavy atom. The second-order valence-corrected chi connectivity index (χ2v) is 4.92. The molecule has 5 heteroatoms. The van der Waals surface area contributed by atoms with Crippen molar-refractivity contribution in [3.8, 4) is 0 Å². The third kappa shape index (κ3) is 3.32. The summed E-state index contributed by atoms with van der Waals surface area (Å²) in [5, 5.41) is 9.39. The van der Waals surface area contributed by atoms with Gasteiger partial charge >= 0.3 is 0 Å². The van der Waals surface area contributed by atoms with Crippen molar-refractivity contribution in [1.82, 2.24) is 4.90 Å². The fraction of sp³-hybridized carbons (Fsp3) is 0.500. The number of nitrogens with zero attached hydrogens (tertiary/aromatic N) is 1. The quantitative estimate of drug-likeness (QED) is 0.805. The summed E-state index contributed by atoms with van der Waals surface area (Å²) in [5.74, 6) is -0.416. The molecule has 2 atom stereocenters. The zero-order valence-electron chi connectivity index (χ0n) is 11.1. The van der Waals surface area contributed by atoms with Crippen molar-refractivity contribution in [2.45, 2.75) is 25.1 Å². The molecular formula is C14H20N2O3. The highest BCUT2D eigenvalue weighted by Crippen LogP contribution is 2.22. The number of carbonyl (C=O) groups excluding carboxylic acids is 1. The van der Waals surface area contributed by atoms with Crippen LogP contribution in [0.25, 0.3) is 0 Å². The summed E-state index contributed by atoms with van der Waals surface area (Å²) < 4.78 is 5.35. The first kappa shape index (κ1) is 14.0. The molecule has 1 aromatic rings. The van der Waals surface area contributed by atoms with Gasteiger partial charge in [0.25, 0.3) is 0 Å². The van der Waals surface area contributed by atoms with Crippen molar-refractivity contribution in [3.63, 3.8) is 0 Å². The van der Waals surface area contributed by atoms with Gasteiger partial charge in [-0.15, -0.1) is 0 Å². The Morgan fingerprint density at radius 1 is 1.47 bits per heavy atom. The van der Waals surface area contributed by atoms with Gasteiger partial charge in [-0.25, -0.2) is 0 Å². The fourth-order valence-corrected chi connectivity index (χ4v) is 2.50. The minimum atomic E-state index is -0.416. The van der Waals surface area contributed by atoms with E-state index >= 15 is 0 Å². The Morgan fingerprint density at radius 3 is 2.68 bits per heavy atom. The van der Waals surface area contributed by atoms with Crippen LogP contribution in [0.3, 0.4) is 0 Å². The zero-order valence-corrected chi connectivity index (χ0v) is 11.1. The van der Waals surface area contributed by atoms with Crippen molar-refractivity contribution in [1.29, 1.82) is 0 Å². The van der Waals surface area contributed by atoms with E-state index in [1.165, 1.54) is 0 Å². The number of hydrogen-bond donors (Lipinski definition) is 2. The van der Waals surface area contributed by atoms with E-state index in [1.807, 2.05) is 12.1 Å². The molecule has 0 bridgehead atoms. The van der Waals surface area contributed by atoms with Crippen molar-refractivity contribution < 1.29 is 14.6 Å². The molecule has 104 valence electrons. The molecule has 0 aromatic heterocycles. The predicted octanol–water partition coefficient (Wildman–Crippen LogP) is 0.367. The molecule has 1 amide bonds. The van der Waals surface area contributed by atoms with Crippen molar-refractivity contribution in [2.24, 2.45) is 5.73 Å². The number of ether oxygens (including phenoxy) is 1. The van der Waals surface area contributed by atoms with Gasteiger partial charge in [0, 0.05) is 31.8 Å². The fourth-order valence-electron chi connectivity index (χ4n) is 2.50. The van der Waals surface area contributed by atoms with E-state index in [9.17, 15) is 9.90 Å². The predicted molar refractivity (Wildman–Crippen MR) is 71.7 cm³/mol. The molecule has 2 rings (SSSR count). The average molecular weight is 264 g/mol. The minimum absolute atomic E-state index is 0.138. The number of nitrogens with two attached hydrogens (primary N) is 1. The summed E-state index contributed by atoms with van der Waals surface area (Å²) in [5.41, 5.74) is 6.82. The van der Waals surface area contributed by atoms with Gasteiger partial charge in [0.15, 0.2) is 0 Å². The Labute approximate surface area is 113 Å². The summed E-state index contributed by atoms with van der Waals surface area (Å²) in [7, 11) is 1.70. The Balaban J connectivity index is 2.01. The van der Waals surface area contributed by atoms with Crippen LogP contribution in [-0.2, 0) is 11.3 Å². The lowest BCUT2D eigenvalue weighted by atomic mass is 10.1. The topological polar surface area (TPSA) is 75.8 Å². The molecule has 19 heavy (non-hydrogen) atoms. The molecule has 1 fully saturated rings. The molecular weight excluding hydrogens is 244 g/mol. The number of amides is 1. The van der Waals surface area contributed by atoms with Crippen LogP contribution in [0.1, 0.15) is 22.3 Å². The Hall–Kier alpha value is -1.43. The molecule has 1 heterocycles. The minimum Gasteiger partial charge on any atom is -0.395 e. The monoisotopic (exact) mass is 264 g/mol. The molecule has 5 nitrogen and oxygen atoms in total. The number of methoxy groups -OCH3 is 1. The lowest BCUT2D eigenvalue weighted by molar-refractivity contribution is 0.100. The third-order valence-corrected chi connectivity index (χ3v) is 3.66. The maximum absolute atomic E-state index is 11.0. The first-order valence-corrected chi connectivity index (χ1v) is 6.40. The summed E-state index contributed by atoms with van der Waals surface area (Å²) in [6.45, 7) is 1.70. The number of rotatable bonds is 5. The number of likely N-dealkylation sites (tertiary alicyclic amines) is 1. The first-order chi connectivity index (χ1) is 9.13. The number of primary amides is 1. The third-order valence-electron chi connectivity index (χ3n) is 3.66. The second kappa shape index (κ2) is 6.14. The SMILES string of the molecule is CO[C@@H]1C[C@@H](CO)N(Cc2ccc(C(N)=O)cc2)C1. The lowest BCUT2D eigenvalue weighted by Gasteiger charge is -2.22. The molecule has 1 aliphatic rings. The lowest BCUT2D eigenvalue weighted by Crippen LogP contribution is -2.31. The van der Waals surface area contributed by atoms with Crippen LogP contribution in [0, 0.1) is 0 Å². The van der Waals surface area contributed by atoms with Crippen LogP contribution in [0.15, 0.2) is 24.3 Å². The summed E-state index contributed by atoms with van der Waals surface area (Å²) in [6, 6.07) is 7.40. The summed E-state index contributed by atoms with van der Waals surface area (Å²) in [6.07, 6.45) is 1.04. The van der Waals surface area contributed by atoms with Gasteiger partial charge in [-0.2, -0.15) is 0 Å². The van der Waals surface area contributed by atoms with E-state index in [0.29, 0.717) is 5.56 Å². The molecule has 0 aliphatic carbocycles. The van der Waals surface area contributed by atoms with Crippen molar-refractivity contribution in [3.05, 3.63) is 35.4 Å². The van der Waals surface area contributed by atoms with E-state index in [4.69, 9.17) is 10.5 Å². The average Bonchev–Trinajstić information content (AvgIpc) is 2.81.